The fraction of sp³-hybridized carbons (Fsp3) is 0.588. The van der Waals surface area contributed by atoms with Gasteiger partial charge in [0.05, 0.1) is 11.9 Å². The molecule has 0 spiro atoms. The Kier molecular flexibility index (Phi) is 8.71. The molecular formula is C17H28N2O5S. The number of carbonyl (C=O) groups excluding carboxylic acids is 1. The molecule has 0 aliphatic heterocycles. The molecule has 0 bridgehead atoms. The van der Waals surface area contributed by atoms with E-state index in [4.69, 9.17) is 9.47 Å². The topological polar surface area (TPSA) is 84.9 Å². The maximum Gasteiger partial charge on any atom is 0.261 e. The van der Waals surface area contributed by atoms with Gasteiger partial charge in [0.15, 0.2) is 6.10 Å². The molecule has 0 radical (unpaired) electrons. The highest BCUT2D eigenvalue weighted by Crippen LogP contribution is 2.21. The van der Waals surface area contributed by atoms with E-state index in [0.717, 1.165) is 12.7 Å². The molecule has 0 aliphatic carbocycles. The molecule has 0 unspecified atom stereocenters. The Hall–Kier alpha value is -1.80. The highest BCUT2D eigenvalue weighted by atomic mass is 32.2. The number of anilines is 1. The fourth-order valence-electron chi connectivity index (χ4n) is 2.06. The number of benzene rings is 1. The lowest BCUT2D eigenvalue weighted by Crippen LogP contribution is -2.38. The van der Waals surface area contributed by atoms with Gasteiger partial charge in [0.1, 0.15) is 5.75 Å². The zero-order valence-electron chi connectivity index (χ0n) is 15.3. The Balaban J connectivity index is 2.58. The van der Waals surface area contributed by atoms with Crippen molar-refractivity contribution in [3.05, 3.63) is 24.3 Å². The monoisotopic (exact) mass is 372 g/mol. The van der Waals surface area contributed by atoms with E-state index >= 15 is 0 Å². The number of ether oxygens (including phenoxy) is 2. The van der Waals surface area contributed by atoms with Crippen LogP contribution in [-0.4, -0.2) is 53.5 Å². The zero-order valence-corrected chi connectivity index (χ0v) is 16.1. The summed E-state index contributed by atoms with van der Waals surface area (Å²) in [6.45, 7) is 5.62. The lowest BCUT2D eigenvalue weighted by Gasteiger charge is -2.19. The van der Waals surface area contributed by atoms with Gasteiger partial charge >= 0.3 is 0 Å². The summed E-state index contributed by atoms with van der Waals surface area (Å²) in [5, 5.41) is 2.83. The van der Waals surface area contributed by atoms with E-state index in [1.54, 1.807) is 24.3 Å². The van der Waals surface area contributed by atoms with E-state index in [1.807, 2.05) is 13.8 Å². The van der Waals surface area contributed by atoms with Crippen molar-refractivity contribution in [2.45, 2.75) is 32.8 Å². The molecule has 1 N–H and O–H groups in total. The molecule has 0 aromatic heterocycles. The second-order valence-corrected chi connectivity index (χ2v) is 7.59. The molecule has 25 heavy (non-hydrogen) atoms. The number of amides is 1. The number of hydrogen-bond donors (Lipinski definition) is 1. The summed E-state index contributed by atoms with van der Waals surface area (Å²) in [4.78, 5) is 12.2. The van der Waals surface area contributed by atoms with E-state index in [2.05, 4.69) is 5.32 Å². The Morgan fingerprint density at radius 2 is 1.88 bits per heavy atom. The molecule has 142 valence electrons. The van der Waals surface area contributed by atoms with Gasteiger partial charge < -0.3 is 14.8 Å². The van der Waals surface area contributed by atoms with Crippen molar-refractivity contribution in [1.82, 2.24) is 5.32 Å². The Morgan fingerprint density at radius 3 is 2.40 bits per heavy atom. The normalized spacial score (nSPS) is 12.5. The fourth-order valence-corrected chi connectivity index (χ4v) is 2.56. The SMILES string of the molecule is CCOCCCNC(=O)[C@@H](CC)Oc1ccc(N(C)S(C)(=O)=O)cc1. The second kappa shape index (κ2) is 10.2. The van der Waals surface area contributed by atoms with Crippen LogP contribution < -0.4 is 14.4 Å². The van der Waals surface area contributed by atoms with Crippen LogP contribution in [0.3, 0.4) is 0 Å². The van der Waals surface area contributed by atoms with Crippen molar-refractivity contribution >= 4 is 21.6 Å². The van der Waals surface area contributed by atoms with Crippen LogP contribution in [0.1, 0.15) is 26.7 Å². The molecule has 0 fully saturated rings. The highest BCUT2D eigenvalue weighted by Gasteiger charge is 2.18. The number of hydrogen-bond acceptors (Lipinski definition) is 5. The third kappa shape index (κ3) is 7.31. The minimum Gasteiger partial charge on any atom is -0.481 e. The minimum absolute atomic E-state index is 0.170. The van der Waals surface area contributed by atoms with Gasteiger partial charge in [-0.05, 0) is 44.0 Å². The van der Waals surface area contributed by atoms with Gasteiger partial charge in [-0.1, -0.05) is 6.92 Å². The van der Waals surface area contributed by atoms with E-state index < -0.39 is 16.1 Å². The lowest BCUT2D eigenvalue weighted by atomic mass is 10.2. The van der Waals surface area contributed by atoms with E-state index in [9.17, 15) is 13.2 Å². The molecule has 0 heterocycles. The summed E-state index contributed by atoms with van der Waals surface area (Å²) in [6, 6.07) is 6.59. The highest BCUT2D eigenvalue weighted by molar-refractivity contribution is 7.92. The average molecular weight is 372 g/mol. The van der Waals surface area contributed by atoms with E-state index in [1.165, 1.54) is 11.4 Å². The predicted molar refractivity (Wildman–Crippen MR) is 98.5 cm³/mol. The summed E-state index contributed by atoms with van der Waals surface area (Å²) < 4.78 is 35.2. The van der Waals surface area contributed by atoms with E-state index in [-0.39, 0.29) is 5.91 Å². The number of carbonyl (C=O) groups is 1. The van der Waals surface area contributed by atoms with Gasteiger partial charge in [-0.25, -0.2) is 8.42 Å². The van der Waals surface area contributed by atoms with Crippen LogP contribution in [-0.2, 0) is 19.6 Å². The minimum atomic E-state index is -3.31. The predicted octanol–water partition coefficient (Wildman–Crippen LogP) is 1.78. The first-order chi connectivity index (χ1) is 11.8. The van der Waals surface area contributed by atoms with Crippen LogP contribution in [0.5, 0.6) is 5.75 Å². The van der Waals surface area contributed by atoms with Gasteiger partial charge in [0.25, 0.3) is 5.91 Å². The quantitative estimate of drug-likeness (QED) is 0.599. The van der Waals surface area contributed by atoms with E-state index in [0.29, 0.717) is 37.6 Å². The Morgan fingerprint density at radius 1 is 1.24 bits per heavy atom. The van der Waals surface area contributed by atoms with Crippen molar-refractivity contribution in [2.24, 2.45) is 0 Å². The first-order valence-electron chi connectivity index (χ1n) is 8.35. The lowest BCUT2D eigenvalue weighted by molar-refractivity contribution is -0.128. The molecule has 0 saturated carbocycles. The van der Waals surface area contributed by atoms with Gasteiger partial charge in [0.2, 0.25) is 10.0 Å². The van der Waals surface area contributed by atoms with Crippen LogP contribution in [0.15, 0.2) is 24.3 Å². The summed E-state index contributed by atoms with van der Waals surface area (Å²) in [5.74, 6) is 0.346. The van der Waals surface area contributed by atoms with Crippen LogP contribution in [0.4, 0.5) is 5.69 Å². The van der Waals surface area contributed by atoms with Crippen molar-refractivity contribution < 1.29 is 22.7 Å². The number of nitrogens with one attached hydrogen (secondary N) is 1. The molecule has 1 aromatic carbocycles. The van der Waals surface area contributed by atoms with Crippen LogP contribution in [0, 0.1) is 0 Å². The smallest absolute Gasteiger partial charge is 0.261 e. The third-order valence-corrected chi connectivity index (χ3v) is 4.81. The van der Waals surface area contributed by atoms with Crippen molar-refractivity contribution in [1.29, 1.82) is 0 Å². The van der Waals surface area contributed by atoms with Crippen molar-refractivity contribution in [3.8, 4) is 5.75 Å². The van der Waals surface area contributed by atoms with Gasteiger partial charge in [-0.15, -0.1) is 0 Å². The molecule has 0 aliphatic rings. The second-order valence-electron chi connectivity index (χ2n) is 5.58. The van der Waals surface area contributed by atoms with Crippen LogP contribution in [0.2, 0.25) is 0 Å². The molecular weight excluding hydrogens is 344 g/mol. The van der Waals surface area contributed by atoms with Gasteiger partial charge in [-0.2, -0.15) is 0 Å². The maximum absolute atomic E-state index is 12.2. The summed E-state index contributed by atoms with van der Waals surface area (Å²) in [6.07, 6.45) is 1.83. The first-order valence-corrected chi connectivity index (χ1v) is 10.2. The third-order valence-electron chi connectivity index (χ3n) is 3.61. The standard InChI is InChI=1S/C17H28N2O5S/c1-5-16(17(20)18-12-7-13-23-6-2)24-15-10-8-14(9-11-15)19(3)25(4,21)22/h8-11,16H,5-7,12-13H2,1-4H3,(H,18,20)/t16-/m1/s1. The summed E-state index contributed by atoms with van der Waals surface area (Å²) in [7, 11) is -1.83. The molecule has 1 atom stereocenters. The molecule has 1 amide bonds. The first kappa shape index (κ1) is 21.2. The number of sulfonamides is 1. The van der Waals surface area contributed by atoms with Gasteiger partial charge in [0, 0.05) is 26.8 Å². The number of nitrogens with zero attached hydrogens (tertiary/aromatic N) is 1. The molecule has 1 rings (SSSR count). The largest absolute Gasteiger partial charge is 0.481 e. The Bertz CT molecular complexity index is 631. The zero-order chi connectivity index (χ0) is 18.9. The molecule has 7 nitrogen and oxygen atoms in total. The van der Waals surface area contributed by atoms with Gasteiger partial charge in [-0.3, -0.25) is 9.10 Å². The molecule has 1 aromatic rings. The maximum atomic E-state index is 12.2. The van der Waals surface area contributed by atoms with Crippen molar-refractivity contribution in [2.75, 3.05) is 37.4 Å². The summed E-state index contributed by atoms with van der Waals surface area (Å²) in [5.41, 5.74) is 0.531. The van der Waals surface area contributed by atoms with Crippen molar-refractivity contribution in [3.63, 3.8) is 0 Å². The molecule has 0 saturated heterocycles. The van der Waals surface area contributed by atoms with Crippen LogP contribution in [0.25, 0.3) is 0 Å². The number of rotatable bonds is 11. The summed E-state index contributed by atoms with van der Waals surface area (Å²) >= 11 is 0. The van der Waals surface area contributed by atoms with Crippen LogP contribution >= 0.6 is 0 Å². The average Bonchev–Trinajstić information content (AvgIpc) is 2.58. The Labute approximate surface area is 150 Å². The molecule has 8 heteroatoms.